The highest BCUT2D eigenvalue weighted by Crippen LogP contribution is 2.33. The van der Waals surface area contributed by atoms with Gasteiger partial charge in [-0.25, -0.2) is 4.39 Å². The highest BCUT2D eigenvalue weighted by atomic mass is 32.2. The lowest BCUT2D eigenvalue weighted by Gasteiger charge is -2.14. The van der Waals surface area contributed by atoms with Gasteiger partial charge >= 0.3 is 0 Å². The van der Waals surface area contributed by atoms with E-state index in [2.05, 4.69) is 0 Å². The molecule has 0 saturated heterocycles. The zero-order valence-electron chi connectivity index (χ0n) is 11.3. The number of anilines is 1. The number of hydrogen-bond acceptors (Lipinski definition) is 3. The highest BCUT2D eigenvalue weighted by Gasteiger charge is 2.15. The molecule has 1 amide bonds. The molecular formula is C15H15FN2OS. The molecular weight excluding hydrogens is 275 g/mol. The van der Waals surface area contributed by atoms with E-state index in [1.807, 2.05) is 0 Å². The first-order valence-electron chi connectivity index (χ1n) is 6.02. The number of halogens is 1. The number of carbonyl (C=O) groups excluding carboxylic acids is 1. The van der Waals surface area contributed by atoms with Gasteiger partial charge in [0.1, 0.15) is 5.82 Å². The Bertz CT molecular complexity index is 644. The molecule has 0 aliphatic carbocycles. The van der Waals surface area contributed by atoms with Crippen molar-refractivity contribution in [1.29, 1.82) is 0 Å². The Labute approximate surface area is 121 Å². The summed E-state index contributed by atoms with van der Waals surface area (Å²) in [5, 5.41) is 0. The smallest absolute Gasteiger partial charge is 0.254 e. The van der Waals surface area contributed by atoms with Crippen molar-refractivity contribution in [2.24, 2.45) is 0 Å². The van der Waals surface area contributed by atoms with Crippen molar-refractivity contribution in [2.75, 3.05) is 19.8 Å². The monoisotopic (exact) mass is 290 g/mol. The Morgan fingerprint density at radius 3 is 2.50 bits per heavy atom. The second kappa shape index (κ2) is 5.96. The summed E-state index contributed by atoms with van der Waals surface area (Å²) >= 11 is 1.20. The Morgan fingerprint density at radius 2 is 1.85 bits per heavy atom. The van der Waals surface area contributed by atoms with Crippen molar-refractivity contribution in [3.8, 4) is 0 Å². The number of carbonyl (C=O) groups is 1. The number of amides is 1. The van der Waals surface area contributed by atoms with Crippen LogP contribution in [0, 0.1) is 5.82 Å². The van der Waals surface area contributed by atoms with Crippen molar-refractivity contribution >= 4 is 23.4 Å². The van der Waals surface area contributed by atoms with Gasteiger partial charge in [-0.05, 0) is 30.3 Å². The predicted octanol–water partition coefficient (Wildman–Crippen LogP) is 3.26. The lowest BCUT2D eigenvalue weighted by Crippen LogP contribution is -2.22. The van der Waals surface area contributed by atoms with Gasteiger partial charge < -0.3 is 10.6 Å². The third kappa shape index (κ3) is 3.11. The summed E-state index contributed by atoms with van der Waals surface area (Å²) in [4.78, 5) is 14.7. The molecule has 20 heavy (non-hydrogen) atoms. The minimum Gasteiger partial charge on any atom is -0.399 e. The first kappa shape index (κ1) is 14.4. The molecule has 0 aromatic heterocycles. The normalized spacial score (nSPS) is 10.3. The number of hydrogen-bond donors (Lipinski definition) is 1. The standard InChI is InChI=1S/C15H15FN2OS/c1-18(2)15(19)11-8-7-10(17)9-14(11)20-13-6-4-3-5-12(13)16/h3-9H,17H2,1-2H3. The maximum Gasteiger partial charge on any atom is 0.254 e. The summed E-state index contributed by atoms with van der Waals surface area (Å²) in [7, 11) is 3.35. The summed E-state index contributed by atoms with van der Waals surface area (Å²) in [5.74, 6) is -0.452. The van der Waals surface area contributed by atoms with E-state index in [0.29, 0.717) is 21.0 Å². The van der Waals surface area contributed by atoms with Crippen LogP contribution in [0.4, 0.5) is 10.1 Å². The minimum absolute atomic E-state index is 0.135. The van der Waals surface area contributed by atoms with Crippen molar-refractivity contribution < 1.29 is 9.18 Å². The zero-order valence-corrected chi connectivity index (χ0v) is 12.1. The number of benzene rings is 2. The molecule has 2 aromatic rings. The van der Waals surface area contributed by atoms with E-state index in [1.165, 1.54) is 22.7 Å². The molecule has 0 saturated carbocycles. The topological polar surface area (TPSA) is 46.3 Å². The van der Waals surface area contributed by atoms with Crippen LogP contribution in [0.5, 0.6) is 0 Å². The highest BCUT2D eigenvalue weighted by molar-refractivity contribution is 7.99. The van der Waals surface area contributed by atoms with Crippen LogP contribution in [-0.4, -0.2) is 24.9 Å². The molecule has 104 valence electrons. The Balaban J connectivity index is 2.43. The molecule has 2 rings (SSSR count). The second-order valence-corrected chi connectivity index (χ2v) is 5.57. The third-order valence-corrected chi connectivity index (χ3v) is 3.81. The SMILES string of the molecule is CN(C)C(=O)c1ccc(N)cc1Sc1ccccc1F. The van der Waals surface area contributed by atoms with Crippen molar-refractivity contribution in [2.45, 2.75) is 9.79 Å². The molecule has 2 aromatic carbocycles. The molecule has 0 spiro atoms. The molecule has 0 aliphatic rings. The quantitative estimate of drug-likeness (QED) is 0.883. The Morgan fingerprint density at radius 1 is 1.15 bits per heavy atom. The third-order valence-electron chi connectivity index (χ3n) is 2.70. The second-order valence-electron chi connectivity index (χ2n) is 4.49. The summed E-state index contributed by atoms with van der Waals surface area (Å²) in [6.45, 7) is 0. The van der Waals surface area contributed by atoms with Gasteiger partial charge in [0.25, 0.3) is 5.91 Å². The zero-order chi connectivity index (χ0) is 14.7. The molecule has 0 bridgehead atoms. The van der Waals surface area contributed by atoms with Crippen LogP contribution in [0.25, 0.3) is 0 Å². The van der Waals surface area contributed by atoms with Gasteiger partial charge in [0.15, 0.2) is 0 Å². The maximum absolute atomic E-state index is 13.7. The summed E-state index contributed by atoms with van der Waals surface area (Å²) < 4.78 is 13.7. The van der Waals surface area contributed by atoms with E-state index in [1.54, 1.807) is 50.5 Å². The molecule has 2 N–H and O–H groups in total. The molecule has 0 heterocycles. The first-order chi connectivity index (χ1) is 9.49. The first-order valence-corrected chi connectivity index (χ1v) is 6.84. The van der Waals surface area contributed by atoms with Crippen LogP contribution in [0.1, 0.15) is 10.4 Å². The number of rotatable bonds is 3. The van der Waals surface area contributed by atoms with E-state index < -0.39 is 0 Å². The molecule has 0 atom stereocenters. The fraction of sp³-hybridized carbons (Fsp3) is 0.133. The van der Waals surface area contributed by atoms with Gasteiger partial charge in [0.05, 0.1) is 5.56 Å². The van der Waals surface area contributed by atoms with Crippen LogP contribution < -0.4 is 5.73 Å². The van der Waals surface area contributed by atoms with Crippen LogP contribution in [0.15, 0.2) is 52.3 Å². The molecule has 0 radical (unpaired) electrons. The summed E-state index contributed by atoms with van der Waals surface area (Å²) in [6.07, 6.45) is 0. The average molecular weight is 290 g/mol. The molecule has 5 heteroatoms. The summed E-state index contributed by atoms with van der Waals surface area (Å²) in [5.41, 5.74) is 6.82. The van der Waals surface area contributed by atoms with Gasteiger partial charge in [0, 0.05) is 29.6 Å². The van der Waals surface area contributed by atoms with E-state index in [4.69, 9.17) is 5.73 Å². The Hall–Kier alpha value is -2.01. The number of nitrogens with zero attached hydrogens (tertiary/aromatic N) is 1. The molecule has 3 nitrogen and oxygen atoms in total. The molecule has 0 aliphatic heterocycles. The number of nitrogen functional groups attached to an aromatic ring is 1. The van der Waals surface area contributed by atoms with Crippen LogP contribution in [0.3, 0.4) is 0 Å². The van der Waals surface area contributed by atoms with Gasteiger partial charge in [-0.2, -0.15) is 0 Å². The van der Waals surface area contributed by atoms with Gasteiger partial charge in [-0.15, -0.1) is 0 Å². The lowest BCUT2D eigenvalue weighted by atomic mass is 10.2. The summed E-state index contributed by atoms with van der Waals surface area (Å²) in [6, 6.07) is 11.5. The van der Waals surface area contributed by atoms with Crippen molar-refractivity contribution in [1.82, 2.24) is 4.90 Å². The average Bonchev–Trinajstić information content (AvgIpc) is 2.41. The maximum atomic E-state index is 13.7. The largest absolute Gasteiger partial charge is 0.399 e. The van der Waals surface area contributed by atoms with Gasteiger partial charge in [-0.1, -0.05) is 23.9 Å². The van der Waals surface area contributed by atoms with Crippen LogP contribution >= 0.6 is 11.8 Å². The van der Waals surface area contributed by atoms with E-state index in [-0.39, 0.29) is 11.7 Å². The van der Waals surface area contributed by atoms with E-state index in [0.717, 1.165) is 0 Å². The van der Waals surface area contributed by atoms with Gasteiger partial charge in [0.2, 0.25) is 0 Å². The Kier molecular flexibility index (Phi) is 4.29. The van der Waals surface area contributed by atoms with Crippen molar-refractivity contribution in [3.63, 3.8) is 0 Å². The van der Waals surface area contributed by atoms with E-state index in [9.17, 15) is 9.18 Å². The number of nitrogens with two attached hydrogens (primary N) is 1. The molecule has 0 fully saturated rings. The predicted molar refractivity (Wildman–Crippen MR) is 79.4 cm³/mol. The molecule has 0 unspecified atom stereocenters. The van der Waals surface area contributed by atoms with Gasteiger partial charge in [-0.3, -0.25) is 4.79 Å². The van der Waals surface area contributed by atoms with Crippen LogP contribution in [-0.2, 0) is 0 Å². The van der Waals surface area contributed by atoms with Crippen LogP contribution in [0.2, 0.25) is 0 Å². The minimum atomic E-state index is -0.317. The lowest BCUT2D eigenvalue weighted by molar-refractivity contribution is 0.0824. The van der Waals surface area contributed by atoms with Crippen molar-refractivity contribution in [3.05, 3.63) is 53.8 Å². The fourth-order valence-electron chi connectivity index (χ4n) is 1.69. The fourth-order valence-corrected chi connectivity index (χ4v) is 2.70. The van der Waals surface area contributed by atoms with E-state index >= 15 is 0 Å².